The molecule has 0 radical (unpaired) electrons. The Kier molecular flexibility index (Phi) is 3.88. The molecule has 0 fully saturated rings. The maximum absolute atomic E-state index is 13.6. The van der Waals surface area contributed by atoms with Crippen molar-refractivity contribution in [2.75, 3.05) is 7.11 Å². The van der Waals surface area contributed by atoms with Crippen LogP contribution >= 0.6 is 11.6 Å². The van der Waals surface area contributed by atoms with Crippen molar-refractivity contribution in [1.82, 2.24) is 0 Å². The van der Waals surface area contributed by atoms with E-state index in [1.54, 1.807) is 0 Å². The molecule has 0 heterocycles. The second-order valence-electron chi connectivity index (χ2n) is 4.00. The van der Waals surface area contributed by atoms with Crippen LogP contribution in [0, 0.1) is 11.6 Å². The van der Waals surface area contributed by atoms with Gasteiger partial charge in [-0.05, 0) is 19.9 Å². The van der Waals surface area contributed by atoms with Crippen LogP contribution in [0.5, 0.6) is 0 Å². The van der Waals surface area contributed by atoms with Crippen LogP contribution in [0.2, 0.25) is 5.02 Å². The maximum Gasteiger partial charge on any atom is 0.166 e. The lowest BCUT2D eigenvalue weighted by atomic mass is 9.96. The van der Waals surface area contributed by atoms with E-state index in [0.717, 1.165) is 0 Å². The van der Waals surface area contributed by atoms with Crippen LogP contribution in [-0.2, 0) is 16.9 Å². The molecule has 5 heteroatoms. The fourth-order valence-corrected chi connectivity index (χ4v) is 1.60. The Morgan fingerprint density at radius 2 is 1.94 bits per heavy atom. The molecule has 2 nitrogen and oxygen atoms in total. The smallest absolute Gasteiger partial charge is 0.166 e. The molecular formula is C11H13ClF2O2. The van der Waals surface area contributed by atoms with Crippen molar-refractivity contribution in [3.05, 3.63) is 33.9 Å². The van der Waals surface area contributed by atoms with E-state index in [-0.39, 0.29) is 22.8 Å². The summed E-state index contributed by atoms with van der Waals surface area (Å²) in [6.07, 6.45) is 0. The monoisotopic (exact) mass is 250 g/mol. The van der Waals surface area contributed by atoms with Gasteiger partial charge in [-0.3, -0.25) is 0 Å². The average Bonchev–Trinajstić information content (AvgIpc) is 2.16. The minimum Gasteiger partial charge on any atom is -0.386 e. The molecule has 90 valence electrons. The lowest BCUT2D eigenvalue weighted by Gasteiger charge is -2.20. The number of rotatable bonds is 3. The van der Waals surface area contributed by atoms with E-state index in [1.165, 1.54) is 27.0 Å². The first-order chi connectivity index (χ1) is 7.29. The average molecular weight is 251 g/mol. The molecule has 1 aromatic carbocycles. The molecule has 0 aliphatic carbocycles. The molecule has 1 rings (SSSR count). The van der Waals surface area contributed by atoms with Crippen molar-refractivity contribution in [2.24, 2.45) is 0 Å². The summed E-state index contributed by atoms with van der Waals surface area (Å²) in [7, 11) is 1.36. The van der Waals surface area contributed by atoms with E-state index in [0.29, 0.717) is 0 Å². The first kappa shape index (κ1) is 13.4. The predicted molar refractivity (Wildman–Crippen MR) is 57.3 cm³/mol. The Bertz CT molecular complexity index is 400. The van der Waals surface area contributed by atoms with Gasteiger partial charge in [-0.25, -0.2) is 8.78 Å². The molecule has 0 saturated heterocycles. The molecule has 0 atom stereocenters. The van der Waals surface area contributed by atoms with Gasteiger partial charge in [-0.2, -0.15) is 0 Å². The third-order valence-electron chi connectivity index (χ3n) is 2.20. The predicted octanol–water partition coefficient (Wildman–Crippen LogP) is 2.99. The summed E-state index contributed by atoms with van der Waals surface area (Å²) in [5.74, 6) is -2.17. The zero-order valence-corrected chi connectivity index (χ0v) is 10.0. The Hall–Kier alpha value is -0.710. The quantitative estimate of drug-likeness (QED) is 0.836. The largest absolute Gasteiger partial charge is 0.386 e. The van der Waals surface area contributed by atoms with Crippen LogP contribution in [0.15, 0.2) is 6.07 Å². The summed E-state index contributed by atoms with van der Waals surface area (Å²) in [5.41, 5.74) is -1.70. The van der Waals surface area contributed by atoms with E-state index in [2.05, 4.69) is 0 Å². The number of methoxy groups -OCH3 is 1. The normalized spacial score (nSPS) is 11.9. The number of halogens is 3. The highest BCUT2D eigenvalue weighted by molar-refractivity contribution is 6.31. The van der Waals surface area contributed by atoms with Crippen LogP contribution in [0.1, 0.15) is 25.0 Å². The SMILES string of the molecule is COCc1c(Cl)cc(C(C)(C)O)c(F)c1F. The van der Waals surface area contributed by atoms with Gasteiger partial charge in [0, 0.05) is 23.3 Å². The van der Waals surface area contributed by atoms with Crippen LogP contribution in [0.3, 0.4) is 0 Å². The van der Waals surface area contributed by atoms with Crippen molar-refractivity contribution in [3.8, 4) is 0 Å². The molecule has 1 aromatic rings. The van der Waals surface area contributed by atoms with E-state index >= 15 is 0 Å². The highest BCUT2D eigenvalue weighted by atomic mass is 35.5. The van der Waals surface area contributed by atoms with E-state index in [4.69, 9.17) is 16.3 Å². The Balaban J connectivity index is 3.39. The lowest BCUT2D eigenvalue weighted by Crippen LogP contribution is -2.19. The number of aliphatic hydroxyl groups is 1. The van der Waals surface area contributed by atoms with Gasteiger partial charge in [0.05, 0.1) is 12.2 Å². The van der Waals surface area contributed by atoms with E-state index < -0.39 is 17.2 Å². The van der Waals surface area contributed by atoms with Gasteiger partial charge in [0.15, 0.2) is 11.6 Å². The fraction of sp³-hybridized carbons (Fsp3) is 0.455. The summed E-state index contributed by atoms with van der Waals surface area (Å²) in [5, 5.41) is 9.68. The molecule has 0 aliphatic rings. The minimum atomic E-state index is -1.49. The van der Waals surface area contributed by atoms with E-state index in [9.17, 15) is 13.9 Å². The Labute approximate surface area is 97.8 Å². The van der Waals surface area contributed by atoms with Crippen molar-refractivity contribution in [2.45, 2.75) is 26.1 Å². The molecule has 0 unspecified atom stereocenters. The molecule has 0 saturated carbocycles. The van der Waals surface area contributed by atoms with Gasteiger partial charge in [0.2, 0.25) is 0 Å². The van der Waals surface area contributed by atoms with E-state index in [1.807, 2.05) is 0 Å². The Morgan fingerprint density at radius 1 is 1.38 bits per heavy atom. The second-order valence-corrected chi connectivity index (χ2v) is 4.41. The topological polar surface area (TPSA) is 29.5 Å². The molecule has 1 N–H and O–H groups in total. The van der Waals surface area contributed by atoms with Gasteiger partial charge in [-0.1, -0.05) is 11.6 Å². The third kappa shape index (κ3) is 2.51. The van der Waals surface area contributed by atoms with Crippen molar-refractivity contribution >= 4 is 11.6 Å². The number of hydrogen-bond donors (Lipinski definition) is 1. The summed E-state index contributed by atoms with van der Waals surface area (Å²) >= 11 is 5.79. The number of benzene rings is 1. The molecule has 16 heavy (non-hydrogen) atoms. The Morgan fingerprint density at radius 3 is 2.38 bits per heavy atom. The van der Waals surface area contributed by atoms with Crippen molar-refractivity contribution in [1.29, 1.82) is 0 Å². The van der Waals surface area contributed by atoms with Gasteiger partial charge >= 0.3 is 0 Å². The summed E-state index contributed by atoms with van der Waals surface area (Å²) in [6.45, 7) is 2.60. The highest BCUT2D eigenvalue weighted by Crippen LogP contribution is 2.31. The molecule has 0 aromatic heterocycles. The molecule has 0 bridgehead atoms. The number of ether oxygens (including phenoxy) is 1. The van der Waals surface area contributed by atoms with Crippen LogP contribution in [0.4, 0.5) is 8.78 Å². The van der Waals surface area contributed by atoms with Crippen LogP contribution in [-0.4, -0.2) is 12.2 Å². The zero-order valence-electron chi connectivity index (χ0n) is 9.27. The van der Waals surface area contributed by atoms with Gasteiger partial charge in [0.25, 0.3) is 0 Å². The summed E-state index contributed by atoms with van der Waals surface area (Å²) < 4.78 is 31.9. The first-order valence-electron chi connectivity index (χ1n) is 4.67. The number of hydrogen-bond acceptors (Lipinski definition) is 2. The lowest BCUT2D eigenvalue weighted by molar-refractivity contribution is 0.0734. The van der Waals surface area contributed by atoms with Crippen LogP contribution in [0.25, 0.3) is 0 Å². The van der Waals surface area contributed by atoms with Crippen molar-refractivity contribution < 1.29 is 18.6 Å². The standard InChI is InChI=1S/C11H13ClF2O2/c1-11(2,15)7-4-8(12)6(5-16-3)9(13)10(7)14/h4,15H,5H2,1-3H3. The molecular weight excluding hydrogens is 238 g/mol. The second kappa shape index (κ2) is 4.65. The first-order valence-corrected chi connectivity index (χ1v) is 5.05. The van der Waals surface area contributed by atoms with Crippen LogP contribution < -0.4 is 0 Å². The molecule has 0 amide bonds. The van der Waals surface area contributed by atoms with Gasteiger partial charge in [0.1, 0.15) is 0 Å². The van der Waals surface area contributed by atoms with Gasteiger partial charge in [-0.15, -0.1) is 0 Å². The minimum absolute atomic E-state index is 0.0397. The van der Waals surface area contributed by atoms with Gasteiger partial charge < -0.3 is 9.84 Å². The summed E-state index contributed by atoms with van der Waals surface area (Å²) in [6, 6.07) is 1.22. The maximum atomic E-state index is 13.6. The third-order valence-corrected chi connectivity index (χ3v) is 2.54. The molecule has 0 aliphatic heterocycles. The van der Waals surface area contributed by atoms with Crippen molar-refractivity contribution in [3.63, 3.8) is 0 Å². The zero-order chi connectivity index (χ0) is 12.5. The fourth-order valence-electron chi connectivity index (χ4n) is 1.35. The summed E-state index contributed by atoms with van der Waals surface area (Å²) in [4.78, 5) is 0. The highest BCUT2D eigenvalue weighted by Gasteiger charge is 2.26. The molecule has 0 spiro atoms.